The number of carbonyl (C=O) groups is 2. The van der Waals surface area contributed by atoms with E-state index in [2.05, 4.69) is 10.6 Å². The molecule has 0 aliphatic carbocycles. The van der Waals surface area contributed by atoms with E-state index in [1.165, 1.54) is 0 Å². The molecule has 2 rings (SSSR count). The van der Waals surface area contributed by atoms with Gasteiger partial charge in [0, 0.05) is 13.1 Å². The first-order valence-electron chi connectivity index (χ1n) is 8.40. The Balaban J connectivity index is 1.69. The predicted octanol–water partition coefficient (Wildman–Crippen LogP) is 1.72. The van der Waals surface area contributed by atoms with Crippen LogP contribution in [0.5, 0.6) is 11.5 Å². The van der Waals surface area contributed by atoms with E-state index in [4.69, 9.17) is 9.47 Å². The highest BCUT2D eigenvalue weighted by Gasteiger charge is 2.08. The Hall–Kier alpha value is -3.02. The van der Waals surface area contributed by atoms with Crippen LogP contribution in [-0.2, 0) is 22.4 Å². The van der Waals surface area contributed by atoms with Crippen LogP contribution in [0.15, 0.2) is 48.5 Å². The first-order chi connectivity index (χ1) is 12.6. The fourth-order valence-electron chi connectivity index (χ4n) is 2.49. The molecule has 2 N–H and O–H groups in total. The fraction of sp³-hybridized carbons (Fsp3) is 0.300. The van der Waals surface area contributed by atoms with E-state index in [9.17, 15) is 9.59 Å². The maximum absolute atomic E-state index is 12.0. The quantitative estimate of drug-likeness (QED) is 0.671. The highest BCUT2D eigenvalue weighted by molar-refractivity contribution is 5.79. The third-order valence-corrected chi connectivity index (χ3v) is 3.79. The minimum absolute atomic E-state index is 0.0645. The molecule has 2 amide bonds. The molecule has 0 aromatic heterocycles. The second-order valence-electron chi connectivity index (χ2n) is 5.73. The van der Waals surface area contributed by atoms with Crippen LogP contribution >= 0.6 is 0 Å². The van der Waals surface area contributed by atoms with Crippen molar-refractivity contribution in [2.24, 2.45) is 0 Å². The Kier molecular flexibility index (Phi) is 7.49. The fourth-order valence-corrected chi connectivity index (χ4v) is 2.49. The summed E-state index contributed by atoms with van der Waals surface area (Å²) in [5.74, 6) is 1.03. The van der Waals surface area contributed by atoms with Crippen molar-refractivity contribution < 1.29 is 19.1 Å². The van der Waals surface area contributed by atoms with E-state index in [-0.39, 0.29) is 18.2 Å². The molecule has 0 bridgehead atoms. The molecular formula is C20H24N2O4. The van der Waals surface area contributed by atoms with Crippen LogP contribution in [0, 0.1) is 0 Å². The first-order valence-corrected chi connectivity index (χ1v) is 8.40. The van der Waals surface area contributed by atoms with Crippen LogP contribution in [0.2, 0.25) is 0 Å². The van der Waals surface area contributed by atoms with Crippen LogP contribution in [0.1, 0.15) is 11.1 Å². The molecule has 6 heteroatoms. The monoisotopic (exact) mass is 356 g/mol. The van der Waals surface area contributed by atoms with Crippen LogP contribution in [0.25, 0.3) is 0 Å². The number of benzene rings is 2. The topological polar surface area (TPSA) is 76.7 Å². The summed E-state index contributed by atoms with van der Waals surface area (Å²) in [5, 5.41) is 5.58. The number of hydrogen-bond donors (Lipinski definition) is 2. The standard InChI is InChI=1S/C20H24N2O4/c1-25-17-9-8-16(12-18(17)26-2)14-20(24)22-11-10-21-19(23)13-15-6-4-3-5-7-15/h3-9,12H,10-11,13-14H2,1-2H3,(H,21,23)(H,22,24). The summed E-state index contributed by atoms with van der Waals surface area (Å²) >= 11 is 0. The molecule has 0 unspecified atom stereocenters. The van der Waals surface area contributed by atoms with Gasteiger partial charge in [-0.05, 0) is 23.3 Å². The second kappa shape index (κ2) is 10.1. The zero-order valence-corrected chi connectivity index (χ0v) is 15.1. The Morgan fingerprint density at radius 2 is 1.35 bits per heavy atom. The lowest BCUT2D eigenvalue weighted by Gasteiger charge is -2.10. The number of carbonyl (C=O) groups excluding carboxylic acids is 2. The normalized spacial score (nSPS) is 10.1. The summed E-state index contributed by atoms with van der Waals surface area (Å²) in [5.41, 5.74) is 1.79. The van der Waals surface area contributed by atoms with Gasteiger partial charge in [-0.2, -0.15) is 0 Å². The Morgan fingerprint density at radius 1 is 0.769 bits per heavy atom. The van der Waals surface area contributed by atoms with Gasteiger partial charge in [-0.1, -0.05) is 36.4 Å². The smallest absolute Gasteiger partial charge is 0.224 e. The SMILES string of the molecule is COc1ccc(CC(=O)NCCNC(=O)Cc2ccccc2)cc1OC. The summed E-state index contributed by atoms with van der Waals surface area (Å²) in [7, 11) is 3.12. The van der Waals surface area contributed by atoms with Gasteiger partial charge in [-0.25, -0.2) is 0 Å². The molecule has 0 saturated carbocycles. The molecule has 6 nitrogen and oxygen atoms in total. The van der Waals surface area contributed by atoms with Gasteiger partial charge in [0.1, 0.15) is 0 Å². The number of hydrogen-bond acceptors (Lipinski definition) is 4. The molecule has 0 aliphatic heterocycles. The highest BCUT2D eigenvalue weighted by atomic mass is 16.5. The third kappa shape index (κ3) is 6.12. The molecule has 0 fully saturated rings. The van der Waals surface area contributed by atoms with Crippen molar-refractivity contribution >= 4 is 11.8 Å². The molecule has 0 radical (unpaired) electrons. The molecule has 0 heterocycles. The number of methoxy groups -OCH3 is 2. The van der Waals surface area contributed by atoms with Gasteiger partial charge < -0.3 is 20.1 Å². The average molecular weight is 356 g/mol. The van der Waals surface area contributed by atoms with E-state index in [1.807, 2.05) is 36.4 Å². The van der Waals surface area contributed by atoms with Gasteiger partial charge >= 0.3 is 0 Å². The Labute approximate surface area is 153 Å². The second-order valence-corrected chi connectivity index (χ2v) is 5.73. The van der Waals surface area contributed by atoms with Gasteiger partial charge in [-0.15, -0.1) is 0 Å². The van der Waals surface area contributed by atoms with Crippen molar-refractivity contribution in [3.63, 3.8) is 0 Å². The molecule has 138 valence electrons. The number of nitrogens with one attached hydrogen (secondary N) is 2. The lowest BCUT2D eigenvalue weighted by molar-refractivity contribution is -0.122. The van der Waals surface area contributed by atoms with Crippen molar-refractivity contribution in [3.05, 3.63) is 59.7 Å². The minimum Gasteiger partial charge on any atom is -0.493 e. The highest BCUT2D eigenvalue weighted by Crippen LogP contribution is 2.27. The van der Waals surface area contributed by atoms with Crippen molar-refractivity contribution in [3.8, 4) is 11.5 Å². The molecule has 0 atom stereocenters. The maximum atomic E-state index is 12.0. The Morgan fingerprint density at radius 3 is 1.92 bits per heavy atom. The van der Waals surface area contributed by atoms with Crippen molar-refractivity contribution in [2.45, 2.75) is 12.8 Å². The van der Waals surface area contributed by atoms with Crippen LogP contribution < -0.4 is 20.1 Å². The van der Waals surface area contributed by atoms with E-state index in [0.717, 1.165) is 11.1 Å². The molecule has 0 saturated heterocycles. The number of amides is 2. The van der Waals surface area contributed by atoms with Gasteiger partial charge in [-0.3, -0.25) is 9.59 Å². The summed E-state index contributed by atoms with van der Waals surface area (Å²) in [6.45, 7) is 0.774. The van der Waals surface area contributed by atoms with Gasteiger partial charge in [0.25, 0.3) is 0 Å². The number of rotatable bonds is 9. The van der Waals surface area contributed by atoms with Crippen LogP contribution in [0.3, 0.4) is 0 Å². The average Bonchev–Trinajstić information content (AvgIpc) is 2.66. The van der Waals surface area contributed by atoms with Crippen LogP contribution in [0.4, 0.5) is 0 Å². The molecular weight excluding hydrogens is 332 g/mol. The molecule has 26 heavy (non-hydrogen) atoms. The van der Waals surface area contributed by atoms with Crippen LogP contribution in [-0.4, -0.2) is 39.1 Å². The molecule has 2 aromatic rings. The largest absolute Gasteiger partial charge is 0.493 e. The summed E-state index contributed by atoms with van der Waals surface area (Å²) in [6, 6.07) is 14.9. The van der Waals surface area contributed by atoms with E-state index in [0.29, 0.717) is 31.0 Å². The lowest BCUT2D eigenvalue weighted by Crippen LogP contribution is -2.35. The summed E-state index contributed by atoms with van der Waals surface area (Å²) in [4.78, 5) is 23.8. The Bertz CT molecular complexity index is 732. The zero-order valence-electron chi connectivity index (χ0n) is 15.1. The van der Waals surface area contributed by atoms with Gasteiger partial charge in [0.05, 0.1) is 27.1 Å². The van der Waals surface area contributed by atoms with Gasteiger partial charge in [0.2, 0.25) is 11.8 Å². The zero-order chi connectivity index (χ0) is 18.8. The number of ether oxygens (including phenoxy) is 2. The summed E-state index contributed by atoms with van der Waals surface area (Å²) in [6.07, 6.45) is 0.568. The molecule has 0 spiro atoms. The van der Waals surface area contributed by atoms with Crippen molar-refractivity contribution in [1.29, 1.82) is 0 Å². The van der Waals surface area contributed by atoms with E-state index >= 15 is 0 Å². The van der Waals surface area contributed by atoms with E-state index in [1.54, 1.807) is 26.4 Å². The predicted molar refractivity (Wildman–Crippen MR) is 99.4 cm³/mol. The maximum Gasteiger partial charge on any atom is 0.224 e. The van der Waals surface area contributed by atoms with Crippen molar-refractivity contribution in [1.82, 2.24) is 10.6 Å². The first kappa shape index (κ1) is 19.3. The summed E-state index contributed by atoms with van der Waals surface area (Å²) < 4.78 is 10.4. The lowest BCUT2D eigenvalue weighted by atomic mass is 10.1. The molecule has 2 aromatic carbocycles. The third-order valence-electron chi connectivity index (χ3n) is 3.79. The van der Waals surface area contributed by atoms with E-state index < -0.39 is 0 Å². The van der Waals surface area contributed by atoms with Crippen molar-refractivity contribution in [2.75, 3.05) is 27.3 Å². The van der Waals surface area contributed by atoms with Gasteiger partial charge in [0.15, 0.2) is 11.5 Å². The minimum atomic E-state index is -0.116. The molecule has 0 aliphatic rings.